The lowest BCUT2D eigenvalue weighted by Gasteiger charge is -2.09. The first kappa shape index (κ1) is 14.6. The van der Waals surface area contributed by atoms with Crippen LogP contribution in [0, 0.1) is 10.1 Å². The number of benzene rings is 2. The number of non-ortho nitro benzene ring substituents is 1. The summed E-state index contributed by atoms with van der Waals surface area (Å²) in [5.41, 5.74) is 0.640. The Hall–Kier alpha value is -2.31. The van der Waals surface area contributed by atoms with Crippen molar-refractivity contribution in [1.82, 2.24) is 9.78 Å². The van der Waals surface area contributed by atoms with Crippen molar-refractivity contribution in [2.24, 2.45) is 7.05 Å². The van der Waals surface area contributed by atoms with Gasteiger partial charge in [0.1, 0.15) is 5.75 Å². The first-order valence-corrected chi connectivity index (χ1v) is 6.94. The summed E-state index contributed by atoms with van der Waals surface area (Å²) in [5.74, 6) is 0.690. The van der Waals surface area contributed by atoms with Crippen molar-refractivity contribution < 1.29 is 9.66 Å². The lowest BCUT2D eigenvalue weighted by Crippen LogP contribution is -1.91. The van der Waals surface area contributed by atoms with Gasteiger partial charge in [-0.1, -0.05) is 23.2 Å². The Morgan fingerprint density at radius 3 is 2.55 bits per heavy atom. The molecule has 0 atom stereocenters. The van der Waals surface area contributed by atoms with Gasteiger partial charge in [0.15, 0.2) is 5.75 Å². The molecule has 0 aliphatic heterocycles. The Morgan fingerprint density at radius 1 is 1.23 bits per heavy atom. The topological polar surface area (TPSA) is 70.2 Å². The molecule has 8 heteroatoms. The van der Waals surface area contributed by atoms with Gasteiger partial charge in [0.05, 0.1) is 20.5 Å². The zero-order chi connectivity index (χ0) is 15.9. The van der Waals surface area contributed by atoms with E-state index in [1.165, 1.54) is 12.1 Å². The first-order chi connectivity index (χ1) is 10.4. The molecule has 6 nitrogen and oxygen atoms in total. The summed E-state index contributed by atoms with van der Waals surface area (Å²) in [5, 5.41) is 16.1. The maximum atomic E-state index is 10.8. The van der Waals surface area contributed by atoms with Crippen LogP contribution in [0.1, 0.15) is 0 Å². The number of ether oxygens (including phenoxy) is 1. The number of aryl methyl sites for hydroxylation is 1. The van der Waals surface area contributed by atoms with E-state index in [1.807, 2.05) is 13.2 Å². The molecule has 1 heterocycles. The fourth-order valence-corrected chi connectivity index (χ4v) is 2.61. The van der Waals surface area contributed by atoms with E-state index in [4.69, 9.17) is 27.9 Å². The fraction of sp³-hybridized carbons (Fsp3) is 0.0714. The molecule has 2 aromatic carbocycles. The highest BCUT2D eigenvalue weighted by Crippen LogP contribution is 2.39. The number of nitro groups is 1. The second kappa shape index (κ2) is 5.47. The Kier molecular flexibility index (Phi) is 3.64. The second-order valence-corrected chi connectivity index (χ2v) is 5.44. The van der Waals surface area contributed by atoms with Gasteiger partial charge in [0, 0.05) is 30.8 Å². The Bertz CT molecular complexity index is 869. The quantitative estimate of drug-likeness (QED) is 0.518. The Balaban J connectivity index is 1.99. The molecule has 0 radical (unpaired) electrons. The van der Waals surface area contributed by atoms with Gasteiger partial charge in [-0.15, -0.1) is 0 Å². The van der Waals surface area contributed by atoms with E-state index < -0.39 is 4.92 Å². The van der Waals surface area contributed by atoms with Crippen molar-refractivity contribution in [2.75, 3.05) is 0 Å². The maximum absolute atomic E-state index is 10.8. The molecule has 0 saturated carbocycles. The highest BCUT2D eigenvalue weighted by atomic mass is 35.5. The summed E-state index contributed by atoms with van der Waals surface area (Å²) in [6, 6.07) is 7.72. The molecule has 112 valence electrons. The third-order valence-corrected chi connectivity index (χ3v) is 3.57. The maximum Gasteiger partial charge on any atom is 0.272 e. The summed E-state index contributed by atoms with van der Waals surface area (Å²) in [6.07, 6.45) is 1.85. The molecule has 0 aliphatic carbocycles. The van der Waals surface area contributed by atoms with Crippen molar-refractivity contribution in [3.8, 4) is 11.5 Å². The second-order valence-electron chi connectivity index (χ2n) is 4.62. The molecule has 0 N–H and O–H groups in total. The predicted molar refractivity (Wildman–Crippen MR) is 83.9 cm³/mol. The summed E-state index contributed by atoms with van der Waals surface area (Å²) in [6.45, 7) is 0. The molecule has 0 unspecified atom stereocenters. The van der Waals surface area contributed by atoms with E-state index in [2.05, 4.69) is 5.10 Å². The van der Waals surface area contributed by atoms with Crippen molar-refractivity contribution in [1.29, 1.82) is 0 Å². The molecule has 0 saturated heterocycles. The van der Waals surface area contributed by atoms with Gasteiger partial charge >= 0.3 is 0 Å². The molecule has 0 spiro atoms. The monoisotopic (exact) mass is 337 g/mol. The van der Waals surface area contributed by atoms with Crippen LogP contribution in [0.5, 0.6) is 11.5 Å². The van der Waals surface area contributed by atoms with Crippen LogP contribution in [-0.4, -0.2) is 14.7 Å². The van der Waals surface area contributed by atoms with E-state index in [0.717, 1.165) is 10.9 Å². The van der Waals surface area contributed by atoms with Crippen LogP contribution >= 0.6 is 23.2 Å². The number of fused-ring (bicyclic) bond motifs is 1. The van der Waals surface area contributed by atoms with E-state index in [1.54, 1.807) is 22.9 Å². The number of aromatic nitrogens is 2. The number of rotatable bonds is 3. The highest BCUT2D eigenvalue weighted by molar-refractivity contribution is 6.37. The number of nitro benzene ring substituents is 1. The van der Waals surface area contributed by atoms with Gasteiger partial charge in [-0.05, 0) is 18.2 Å². The van der Waals surface area contributed by atoms with Crippen LogP contribution in [-0.2, 0) is 7.05 Å². The third-order valence-electron chi connectivity index (χ3n) is 3.00. The first-order valence-electron chi connectivity index (χ1n) is 6.19. The van der Waals surface area contributed by atoms with Crippen LogP contribution in [0.3, 0.4) is 0 Å². The number of hydrogen-bond acceptors (Lipinski definition) is 4. The lowest BCUT2D eigenvalue weighted by atomic mass is 10.2. The summed E-state index contributed by atoms with van der Waals surface area (Å²) in [4.78, 5) is 10.2. The van der Waals surface area contributed by atoms with Crippen molar-refractivity contribution >= 4 is 39.8 Å². The van der Waals surface area contributed by atoms with Crippen LogP contribution < -0.4 is 4.74 Å². The Morgan fingerprint density at radius 2 is 1.91 bits per heavy atom. The van der Waals surface area contributed by atoms with Crippen molar-refractivity contribution in [2.45, 2.75) is 0 Å². The minimum Gasteiger partial charge on any atom is -0.454 e. The largest absolute Gasteiger partial charge is 0.454 e. The van der Waals surface area contributed by atoms with Crippen LogP contribution in [0.4, 0.5) is 5.69 Å². The fourth-order valence-electron chi connectivity index (χ4n) is 2.06. The molecular formula is C14H9Cl2N3O3. The standard InChI is InChI=1S/C14H9Cl2N3O3/c1-18-7-8-4-10(2-3-13(8)17-18)22-14-11(15)5-9(19(20)21)6-12(14)16/h2-7H,1H3. The smallest absolute Gasteiger partial charge is 0.272 e. The van der Waals surface area contributed by atoms with E-state index in [-0.39, 0.29) is 21.5 Å². The number of nitrogens with zero attached hydrogens (tertiary/aromatic N) is 3. The van der Waals surface area contributed by atoms with Gasteiger partial charge in [-0.25, -0.2) is 0 Å². The molecule has 3 rings (SSSR count). The summed E-state index contributed by atoms with van der Waals surface area (Å²) in [7, 11) is 1.82. The van der Waals surface area contributed by atoms with Crippen LogP contribution in [0.15, 0.2) is 36.5 Å². The molecular weight excluding hydrogens is 329 g/mol. The molecule has 3 aromatic rings. The van der Waals surface area contributed by atoms with Crippen LogP contribution in [0.2, 0.25) is 10.0 Å². The van der Waals surface area contributed by atoms with Crippen molar-refractivity contribution in [3.63, 3.8) is 0 Å². The lowest BCUT2D eigenvalue weighted by molar-refractivity contribution is -0.384. The molecule has 0 amide bonds. The number of halogens is 2. The average Bonchev–Trinajstić information content (AvgIpc) is 2.81. The van der Waals surface area contributed by atoms with Crippen LogP contribution in [0.25, 0.3) is 10.9 Å². The normalized spacial score (nSPS) is 10.9. The summed E-state index contributed by atoms with van der Waals surface area (Å²) >= 11 is 12.0. The minimum absolute atomic E-state index is 0.0745. The predicted octanol–water partition coefficient (Wildman–Crippen LogP) is 4.58. The zero-order valence-electron chi connectivity index (χ0n) is 11.3. The molecule has 1 aromatic heterocycles. The minimum atomic E-state index is -0.566. The van der Waals surface area contributed by atoms with Gasteiger partial charge in [0.25, 0.3) is 5.69 Å². The molecule has 0 fully saturated rings. The van der Waals surface area contributed by atoms with Gasteiger partial charge in [0.2, 0.25) is 0 Å². The van der Waals surface area contributed by atoms with Gasteiger partial charge in [-0.2, -0.15) is 5.10 Å². The zero-order valence-corrected chi connectivity index (χ0v) is 12.8. The molecule has 22 heavy (non-hydrogen) atoms. The van der Waals surface area contributed by atoms with Gasteiger partial charge < -0.3 is 4.74 Å². The van der Waals surface area contributed by atoms with Gasteiger partial charge in [-0.3, -0.25) is 14.8 Å². The molecule has 0 bridgehead atoms. The average molecular weight is 338 g/mol. The van der Waals surface area contributed by atoms with Crippen molar-refractivity contribution in [3.05, 3.63) is 56.7 Å². The molecule has 0 aliphatic rings. The summed E-state index contributed by atoms with van der Waals surface area (Å²) < 4.78 is 7.36. The van der Waals surface area contributed by atoms with E-state index in [0.29, 0.717) is 5.75 Å². The third kappa shape index (κ3) is 2.70. The van der Waals surface area contributed by atoms with E-state index in [9.17, 15) is 10.1 Å². The Labute approximate surface area is 135 Å². The SMILES string of the molecule is Cn1cc2cc(Oc3c(Cl)cc([N+](=O)[O-])cc3Cl)ccc2n1. The highest BCUT2D eigenvalue weighted by Gasteiger charge is 2.16. The number of hydrogen-bond donors (Lipinski definition) is 0. The van der Waals surface area contributed by atoms with E-state index >= 15 is 0 Å².